The molecular weight excluding hydrogens is 1450 g/mol. The normalized spacial score (nSPS) is 12.0. The summed E-state index contributed by atoms with van der Waals surface area (Å²) in [5.74, 6) is -4.86. The first-order chi connectivity index (χ1) is 27.3. The summed E-state index contributed by atoms with van der Waals surface area (Å²) in [6.07, 6.45) is -2.63. The molecule has 6 amide bonds. The molecule has 20 nitrogen and oxygen atoms in total. The van der Waals surface area contributed by atoms with E-state index in [1.54, 1.807) is 136 Å². The molecule has 2 atom stereocenters. The highest BCUT2D eigenvalue weighted by Gasteiger charge is 2.33. The number of aliphatic hydroxyl groups is 7. The Morgan fingerprint density at radius 2 is 1.02 bits per heavy atom. The minimum absolute atomic E-state index is 0.0126. The number of hydrogen-bond acceptors (Lipinski definition) is 14. The van der Waals surface area contributed by atoms with Crippen molar-refractivity contribution >= 4 is 182 Å². The highest BCUT2D eigenvalue weighted by atomic mass is 127. The molecule has 2 aromatic carbocycles. The first-order valence-corrected chi connectivity index (χ1v) is 23.1. The van der Waals surface area contributed by atoms with Crippen LogP contribution in [0.25, 0.3) is 0 Å². The zero-order valence-electron chi connectivity index (χ0n) is 29.8. The van der Waals surface area contributed by atoms with Crippen molar-refractivity contribution in [2.75, 3.05) is 76.4 Å². The van der Waals surface area contributed by atoms with E-state index < -0.39 is 80.6 Å². The Hall–Kier alpha value is -0.680. The molecule has 0 aliphatic carbocycles. The van der Waals surface area contributed by atoms with Gasteiger partial charge in [0.2, 0.25) is 11.8 Å². The van der Waals surface area contributed by atoms with E-state index in [-0.39, 0.29) is 101 Å². The summed E-state index contributed by atoms with van der Waals surface area (Å²) in [7, 11) is 0. The van der Waals surface area contributed by atoms with Gasteiger partial charge in [-0.2, -0.15) is 0 Å². The minimum Gasteiger partial charge on any atom is -0.396 e. The number of benzene rings is 2. The van der Waals surface area contributed by atoms with Crippen LogP contribution in [0.15, 0.2) is 0 Å². The zero-order valence-corrected chi connectivity index (χ0v) is 42.8. The summed E-state index contributed by atoms with van der Waals surface area (Å²) in [6, 6.07) is 0. The predicted molar refractivity (Wildman–Crippen MR) is 257 cm³/mol. The van der Waals surface area contributed by atoms with Crippen molar-refractivity contribution in [1.82, 2.24) is 20.6 Å². The molecule has 0 aromatic heterocycles. The van der Waals surface area contributed by atoms with Crippen molar-refractivity contribution in [3.63, 3.8) is 0 Å². The van der Waals surface area contributed by atoms with Crippen LogP contribution in [0.2, 0.25) is 0 Å². The molecule has 2 aromatic rings. The van der Waals surface area contributed by atoms with Crippen LogP contribution in [-0.2, 0) is 9.59 Å². The average molecular weight is 1490 g/mol. The second-order valence-electron chi connectivity index (χ2n) is 11.8. The van der Waals surface area contributed by atoms with Gasteiger partial charge < -0.3 is 61.9 Å². The Balaban J connectivity index is 2.55. The van der Waals surface area contributed by atoms with E-state index in [1.807, 2.05) is 0 Å². The molecule has 0 fully saturated rings. The highest BCUT2D eigenvalue weighted by Crippen LogP contribution is 2.38. The van der Waals surface area contributed by atoms with Crippen molar-refractivity contribution in [1.29, 1.82) is 0 Å². The van der Waals surface area contributed by atoms with Crippen LogP contribution >= 0.6 is 136 Å². The number of nitrogens with zero attached hydrogens (tertiary/aromatic N) is 2. The smallest absolute Gasteiger partial charge is 0.279 e. The van der Waals surface area contributed by atoms with Gasteiger partial charge >= 0.3 is 0 Å². The van der Waals surface area contributed by atoms with Crippen molar-refractivity contribution < 1.29 is 69.7 Å². The van der Waals surface area contributed by atoms with Crippen LogP contribution in [0.1, 0.15) is 54.3 Å². The quantitative estimate of drug-likeness (QED) is 0.0342. The van der Waals surface area contributed by atoms with E-state index in [4.69, 9.17) is 5.11 Å². The molecule has 0 aliphatic rings. The van der Waals surface area contributed by atoms with E-state index in [0.717, 1.165) is 4.90 Å². The maximum Gasteiger partial charge on any atom is 0.279 e. The average Bonchev–Trinajstić information content (AvgIpc) is 3.19. The lowest BCUT2D eigenvalue weighted by Crippen LogP contribution is -2.42. The summed E-state index contributed by atoms with van der Waals surface area (Å²) in [5, 5.41) is 87.9. The fourth-order valence-electron chi connectivity index (χ4n) is 4.80. The number of hydroxylamine groups is 2. The molecule has 0 bridgehead atoms. The van der Waals surface area contributed by atoms with E-state index in [2.05, 4.69) is 21.3 Å². The summed E-state index contributed by atoms with van der Waals surface area (Å²) < 4.78 is 0.934. The van der Waals surface area contributed by atoms with Gasteiger partial charge in [-0.05, 0) is 148 Å². The van der Waals surface area contributed by atoms with Gasteiger partial charge in [0.05, 0.1) is 79.9 Å². The third-order valence-electron chi connectivity index (χ3n) is 7.62. The number of nitrogens with one attached hydrogen (secondary N) is 4. The largest absolute Gasteiger partial charge is 0.396 e. The molecule has 0 saturated carbocycles. The minimum atomic E-state index is -1.42. The topological polar surface area (TPSA) is 319 Å². The molecule has 12 N–H and O–H groups in total. The summed E-state index contributed by atoms with van der Waals surface area (Å²) in [5.41, 5.74) is -0.331. The standard InChI is InChI=1S/C32H38I6N6O14/c33-21-18(30(55)40-7-13(50)9-46)24(36)27(41-15(52)11-48)25(37)19(21)31(56)43(8-14(51)10-47)4-1-3-39-29(54)17-22(34)20(32(57)44(58)5-2-6-45)26(38)28(23(17)35)42-16(53)12-49/h13-14,45-51,58H,1-12H2,(H,39,54)(H,40,55)(H,41,52)(H,42,53). The molecule has 0 heterocycles. The van der Waals surface area contributed by atoms with Gasteiger partial charge in [-0.3, -0.25) is 34.0 Å². The number of anilines is 2. The Morgan fingerprint density at radius 1 is 0.569 bits per heavy atom. The highest BCUT2D eigenvalue weighted by molar-refractivity contribution is 14.1. The molecule has 0 saturated heterocycles. The number of halogens is 6. The fraction of sp³-hybridized carbons (Fsp3) is 0.438. The molecule has 0 aliphatic heterocycles. The van der Waals surface area contributed by atoms with Crippen molar-refractivity contribution in [2.45, 2.75) is 25.0 Å². The number of rotatable bonds is 21. The van der Waals surface area contributed by atoms with Crippen LogP contribution in [-0.4, -0.2) is 164 Å². The molecule has 58 heavy (non-hydrogen) atoms. The molecular formula is C32H38I6N6O14. The third-order valence-corrected chi connectivity index (χ3v) is 14.1. The van der Waals surface area contributed by atoms with E-state index >= 15 is 0 Å². The van der Waals surface area contributed by atoms with E-state index in [1.165, 1.54) is 0 Å². The third kappa shape index (κ3) is 14.2. The van der Waals surface area contributed by atoms with Gasteiger partial charge in [0.25, 0.3) is 23.6 Å². The number of amides is 6. The second kappa shape index (κ2) is 26.1. The van der Waals surface area contributed by atoms with Gasteiger partial charge in [-0.25, -0.2) is 5.06 Å². The van der Waals surface area contributed by atoms with Gasteiger partial charge in [0, 0.05) is 39.9 Å². The number of hydrogen-bond donors (Lipinski definition) is 12. The number of carbonyl (C=O) groups excluding carboxylic acids is 6. The summed E-state index contributed by atoms with van der Waals surface area (Å²) in [6.45, 7) is -4.79. The summed E-state index contributed by atoms with van der Waals surface area (Å²) >= 11 is 10.7. The molecule has 322 valence electrons. The monoisotopic (exact) mass is 1490 g/mol. The van der Waals surface area contributed by atoms with Gasteiger partial charge in [0.15, 0.2) is 0 Å². The molecule has 0 spiro atoms. The van der Waals surface area contributed by atoms with Crippen LogP contribution in [0.4, 0.5) is 11.4 Å². The van der Waals surface area contributed by atoms with Crippen LogP contribution in [0, 0.1) is 21.4 Å². The summed E-state index contributed by atoms with van der Waals surface area (Å²) in [4.78, 5) is 80.5. The molecule has 0 radical (unpaired) electrons. The lowest BCUT2D eigenvalue weighted by Gasteiger charge is -2.27. The second-order valence-corrected chi connectivity index (χ2v) is 18.3. The van der Waals surface area contributed by atoms with E-state index in [9.17, 15) is 64.6 Å². The maximum atomic E-state index is 14.3. The molecule has 26 heteroatoms. The number of aliphatic hydroxyl groups excluding tert-OH is 7. The van der Waals surface area contributed by atoms with Crippen LogP contribution in [0.5, 0.6) is 0 Å². The SMILES string of the molecule is O=C(CO)Nc1c(I)c(C(=O)NCCCN(CC(O)CO)C(=O)c2c(I)c(NC(=O)CO)c(I)c(C(=O)NCC(O)CO)c2I)c(I)c(C(=O)N(O)CCCO)c1I. The predicted octanol–water partition coefficient (Wildman–Crippen LogP) is 0.0881. The van der Waals surface area contributed by atoms with E-state index in [0.29, 0.717) is 5.06 Å². The zero-order chi connectivity index (χ0) is 44.0. The van der Waals surface area contributed by atoms with Crippen molar-refractivity contribution in [3.8, 4) is 0 Å². The Kier molecular flexibility index (Phi) is 24.0. The fourth-order valence-corrected chi connectivity index (χ4v) is 13.6. The lowest BCUT2D eigenvalue weighted by atomic mass is 10.1. The lowest BCUT2D eigenvalue weighted by molar-refractivity contribution is -0.119. The maximum absolute atomic E-state index is 14.3. The van der Waals surface area contributed by atoms with Crippen LogP contribution < -0.4 is 21.3 Å². The first kappa shape index (κ1) is 53.5. The molecule has 2 unspecified atom stereocenters. The van der Waals surface area contributed by atoms with Crippen molar-refractivity contribution in [2.24, 2.45) is 0 Å². The van der Waals surface area contributed by atoms with Gasteiger partial charge in [-0.15, -0.1) is 0 Å². The van der Waals surface area contributed by atoms with Crippen molar-refractivity contribution in [3.05, 3.63) is 43.7 Å². The van der Waals surface area contributed by atoms with Crippen LogP contribution in [0.3, 0.4) is 0 Å². The van der Waals surface area contributed by atoms with Gasteiger partial charge in [-0.1, -0.05) is 0 Å². The Labute approximate surface area is 412 Å². The van der Waals surface area contributed by atoms with Gasteiger partial charge in [0.1, 0.15) is 13.2 Å². The number of carbonyl (C=O) groups is 6. The molecule has 2 rings (SSSR count). The Bertz CT molecular complexity index is 1880. The Morgan fingerprint density at radius 3 is 1.47 bits per heavy atom. The first-order valence-electron chi connectivity index (χ1n) is 16.6.